The fourth-order valence-electron chi connectivity index (χ4n) is 3.93. The first kappa shape index (κ1) is 14.8. The molecule has 3 nitrogen and oxygen atoms in total. The molecular weight excluding hydrogens is 260 g/mol. The summed E-state index contributed by atoms with van der Waals surface area (Å²) < 4.78 is 17.2. The van der Waals surface area contributed by atoms with E-state index in [0.29, 0.717) is 16.6 Å². The first-order valence-corrected chi connectivity index (χ1v) is 8.12. The summed E-state index contributed by atoms with van der Waals surface area (Å²) in [4.78, 5) is 0.564. The van der Waals surface area contributed by atoms with Crippen LogP contribution in [0.4, 0.5) is 0 Å². The Morgan fingerprint density at radius 3 is 2.74 bits per heavy atom. The van der Waals surface area contributed by atoms with Gasteiger partial charge < -0.3 is 9.84 Å². The molecule has 0 heterocycles. The molecule has 4 heteroatoms. The molecule has 108 valence electrons. The average molecular weight is 284 g/mol. The van der Waals surface area contributed by atoms with Gasteiger partial charge in [-0.3, -0.25) is 4.21 Å². The highest BCUT2D eigenvalue weighted by atomic mass is 32.2. The van der Waals surface area contributed by atoms with Crippen molar-refractivity contribution in [1.82, 2.24) is 0 Å². The zero-order valence-electron chi connectivity index (χ0n) is 12.0. The molecule has 0 saturated heterocycles. The summed E-state index contributed by atoms with van der Waals surface area (Å²) in [5.41, 5.74) is -0.153. The van der Waals surface area contributed by atoms with Crippen molar-refractivity contribution < 1.29 is 14.1 Å². The molecule has 0 aromatic rings. The summed E-state index contributed by atoms with van der Waals surface area (Å²) in [6, 6.07) is 0. The first-order valence-electron chi connectivity index (χ1n) is 6.80. The lowest BCUT2D eigenvalue weighted by Gasteiger charge is -2.40. The van der Waals surface area contributed by atoms with Gasteiger partial charge in [-0.1, -0.05) is 20.4 Å². The minimum atomic E-state index is -1.16. The second-order valence-corrected chi connectivity index (χ2v) is 7.86. The van der Waals surface area contributed by atoms with Gasteiger partial charge in [0.15, 0.2) is 0 Å². The molecule has 0 radical (unpaired) electrons. The van der Waals surface area contributed by atoms with Crippen LogP contribution >= 0.6 is 0 Å². The molecule has 0 unspecified atom stereocenters. The van der Waals surface area contributed by atoms with Crippen LogP contribution in [0.15, 0.2) is 23.8 Å². The average Bonchev–Trinajstić information content (AvgIpc) is 2.69. The Labute approximate surface area is 118 Å². The highest BCUT2D eigenvalue weighted by Crippen LogP contribution is 2.66. The Balaban J connectivity index is 2.15. The van der Waals surface area contributed by atoms with Crippen molar-refractivity contribution in [2.45, 2.75) is 39.2 Å². The van der Waals surface area contributed by atoms with E-state index in [-0.39, 0.29) is 16.9 Å². The number of hydrogen-bond acceptors (Lipinski definition) is 3. The van der Waals surface area contributed by atoms with E-state index < -0.39 is 10.8 Å². The monoisotopic (exact) mass is 284 g/mol. The van der Waals surface area contributed by atoms with Gasteiger partial charge in [0.25, 0.3) is 0 Å². The molecule has 4 atom stereocenters. The summed E-state index contributed by atoms with van der Waals surface area (Å²) in [7, 11) is 0.395. The third-order valence-electron chi connectivity index (χ3n) is 5.46. The number of allylic oxidation sites excluding steroid dienone is 1. The summed E-state index contributed by atoms with van der Waals surface area (Å²) in [5.74, 6) is 1.06. The Hall–Kier alpha value is -0.610. The second kappa shape index (κ2) is 5.06. The summed E-state index contributed by atoms with van der Waals surface area (Å²) in [5, 5.41) is 10.4. The molecule has 2 fully saturated rings. The molecule has 2 saturated carbocycles. The van der Waals surface area contributed by atoms with Crippen molar-refractivity contribution in [1.29, 1.82) is 0 Å². The van der Waals surface area contributed by atoms with Crippen molar-refractivity contribution in [3.63, 3.8) is 0 Å². The van der Waals surface area contributed by atoms with Gasteiger partial charge in [-0.05, 0) is 36.7 Å². The van der Waals surface area contributed by atoms with E-state index in [1.165, 1.54) is 6.26 Å². The highest BCUT2D eigenvalue weighted by molar-refractivity contribution is 7.89. The maximum Gasteiger partial charge on any atom is 0.0836 e. The number of fused-ring (bicyclic) bond motifs is 2. The van der Waals surface area contributed by atoms with Gasteiger partial charge in [0.2, 0.25) is 0 Å². The van der Waals surface area contributed by atoms with E-state index in [4.69, 9.17) is 4.74 Å². The topological polar surface area (TPSA) is 46.5 Å². The van der Waals surface area contributed by atoms with Gasteiger partial charge in [0, 0.05) is 16.1 Å². The van der Waals surface area contributed by atoms with Crippen molar-refractivity contribution in [3.05, 3.63) is 23.8 Å². The number of aliphatic hydroxyl groups excluding tert-OH is 1. The maximum atomic E-state index is 12.4. The second-order valence-electron chi connectivity index (χ2n) is 6.36. The van der Waals surface area contributed by atoms with Crippen molar-refractivity contribution in [3.8, 4) is 0 Å². The van der Waals surface area contributed by atoms with Crippen molar-refractivity contribution in [2.24, 2.45) is 16.7 Å². The Bertz CT molecular complexity index is 427. The number of ether oxygens (including phenoxy) is 1. The lowest BCUT2D eigenvalue weighted by molar-refractivity contribution is 0.0162. The van der Waals surface area contributed by atoms with Crippen LogP contribution in [0.25, 0.3) is 0 Å². The van der Waals surface area contributed by atoms with Crippen LogP contribution in [0, 0.1) is 16.7 Å². The van der Waals surface area contributed by atoms with E-state index >= 15 is 0 Å². The molecule has 0 amide bonds. The molecule has 2 aliphatic carbocycles. The van der Waals surface area contributed by atoms with Crippen LogP contribution in [-0.4, -0.2) is 28.3 Å². The van der Waals surface area contributed by atoms with Crippen LogP contribution in [-0.2, 0) is 15.5 Å². The number of rotatable bonds is 5. The minimum Gasteiger partial charge on any atom is -0.504 e. The standard InChI is InChI=1S/C15H24O3S/c1-11(6-8-18-4)19(17)10-15-7-5-12(9-13(15)16)14(15,2)3/h6,8,12-13,16H,1,5,7,9-10H2,2-4H3/b8-6-/t12-,13-,15-,19-/m1/s1. The SMILES string of the molecule is C=C(/C=C\OC)[S@](=O)C[C@]12CC[C@H](C[C@H]1O)C2(C)C. The lowest BCUT2D eigenvalue weighted by Crippen LogP contribution is -2.43. The lowest BCUT2D eigenvalue weighted by atomic mass is 9.70. The summed E-state index contributed by atoms with van der Waals surface area (Å²) in [6.07, 6.45) is 5.77. The normalized spacial score (nSPS) is 37.7. The predicted molar refractivity (Wildman–Crippen MR) is 77.9 cm³/mol. The minimum absolute atomic E-state index is 0.0628. The van der Waals surface area contributed by atoms with Crippen LogP contribution < -0.4 is 0 Å². The summed E-state index contributed by atoms with van der Waals surface area (Å²) >= 11 is 0. The molecule has 0 spiro atoms. The van der Waals surface area contributed by atoms with E-state index in [1.54, 1.807) is 13.2 Å². The van der Waals surface area contributed by atoms with Crippen molar-refractivity contribution in [2.75, 3.05) is 12.9 Å². The fourth-order valence-corrected chi connectivity index (χ4v) is 5.50. The quantitative estimate of drug-likeness (QED) is 0.623. The number of hydrogen-bond donors (Lipinski definition) is 1. The number of methoxy groups -OCH3 is 1. The molecule has 0 aliphatic heterocycles. The van der Waals surface area contributed by atoms with E-state index in [2.05, 4.69) is 20.4 Å². The Morgan fingerprint density at radius 2 is 2.26 bits per heavy atom. The fraction of sp³-hybridized carbons (Fsp3) is 0.733. The zero-order valence-corrected chi connectivity index (χ0v) is 12.8. The molecule has 2 bridgehead atoms. The molecule has 2 aliphatic rings. The van der Waals surface area contributed by atoms with Crippen LogP contribution in [0.1, 0.15) is 33.1 Å². The zero-order chi connectivity index (χ0) is 14.3. The smallest absolute Gasteiger partial charge is 0.0836 e. The van der Waals surface area contributed by atoms with E-state index in [0.717, 1.165) is 19.3 Å². The number of aliphatic hydroxyl groups is 1. The largest absolute Gasteiger partial charge is 0.504 e. The van der Waals surface area contributed by atoms with Gasteiger partial charge in [-0.2, -0.15) is 0 Å². The van der Waals surface area contributed by atoms with E-state index in [9.17, 15) is 9.32 Å². The van der Waals surface area contributed by atoms with Crippen molar-refractivity contribution >= 4 is 10.8 Å². The molecule has 2 rings (SSSR count). The first-order chi connectivity index (χ1) is 8.85. The molecule has 1 N–H and O–H groups in total. The van der Waals surface area contributed by atoms with Gasteiger partial charge in [0.1, 0.15) is 0 Å². The van der Waals surface area contributed by atoms with Crippen LogP contribution in [0.2, 0.25) is 0 Å². The van der Waals surface area contributed by atoms with Crippen LogP contribution in [0.5, 0.6) is 0 Å². The Morgan fingerprint density at radius 1 is 1.58 bits per heavy atom. The van der Waals surface area contributed by atoms with Gasteiger partial charge >= 0.3 is 0 Å². The van der Waals surface area contributed by atoms with E-state index in [1.807, 2.05) is 0 Å². The molecule has 0 aromatic carbocycles. The maximum absolute atomic E-state index is 12.4. The molecule has 0 aromatic heterocycles. The highest BCUT2D eigenvalue weighted by Gasteiger charge is 2.64. The van der Waals surface area contributed by atoms with Gasteiger partial charge in [0.05, 0.1) is 30.3 Å². The Kier molecular flexibility index (Phi) is 3.94. The van der Waals surface area contributed by atoms with Gasteiger partial charge in [-0.25, -0.2) is 0 Å². The molecular formula is C15H24O3S. The summed E-state index contributed by atoms with van der Waals surface area (Å²) in [6.45, 7) is 8.27. The predicted octanol–water partition coefficient (Wildman–Crippen LogP) is 2.60. The third-order valence-corrected chi connectivity index (χ3v) is 6.96. The van der Waals surface area contributed by atoms with Crippen LogP contribution in [0.3, 0.4) is 0 Å². The van der Waals surface area contributed by atoms with Gasteiger partial charge in [-0.15, -0.1) is 0 Å². The molecule has 19 heavy (non-hydrogen) atoms. The third kappa shape index (κ3) is 2.19.